The Morgan fingerprint density at radius 1 is 0.974 bits per heavy atom. The quantitative estimate of drug-likeness (QED) is 0.463. The number of rotatable bonds is 7. The topological polar surface area (TPSA) is 45.3 Å². The van der Waals surface area contributed by atoms with Gasteiger partial charge in [0.25, 0.3) is 0 Å². The van der Waals surface area contributed by atoms with Gasteiger partial charge < -0.3 is 19.3 Å². The lowest BCUT2D eigenvalue weighted by molar-refractivity contribution is -0.141. The molecule has 3 aromatic carbocycles. The Morgan fingerprint density at radius 3 is 2.37 bits per heavy atom. The van der Waals surface area contributed by atoms with Gasteiger partial charge in [0.05, 0.1) is 26.3 Å². The highest BCUT2D eigenvalue weighted by molar-refractivity contribution is 5.83. The number of hydrogen-bond acceptors (Lipinski definition) is 5. The van der Waals surface area contributed by atoms with Crippen molar-refractivity contribution in [3.05, 3.63) is 94.3 Å². The Bertz CT molecular complexity index is 1310. The number of methoxy groups -OCH3 is 2. The van der Waals surface area contributed by atoms with Crippen LogP contribution in [0.5, 0.6) is 11.5 Å². The van der Waals surface area contributed by atoms with Crippen LogP contribution in [0.15, 0.2) is 60.7 Å². The first kappa shape index (κ1) is 26.2. The fourth-order valence-corrected chi connectivity index (χ4v) is 5.86. The zero-order valence-electron chi connectivity index (χ0n) is 22.6. The fourth-order valence-electron chi connectivity index (χ4n) is 5.86. The number of benzene rings is 3. The minimum absolute atomic E-state index is 0.0862. The zero-order chi connectivity index (χ0) is 26.8. The molecule has 2 heterocycles. The maximum atomic E-state index is 14.7. The van der Waals surface area contributed by atoms with Crippen LogP contribution in [0.2, 0.25) is 0 Å². The highest BCUT2D eigenvalue weighted by atomic mass is 19.1. The molecule has 2 atom stereocenters. The third-order valence-electron chi connectivity index (χ3n) is 7.79. The molecule has 0 aliphatic carbocycles. The lowest BCUT2D eigenvalue weighted by Gasteiger charge is -2.44. The van der Waals surface area contributed by atoms with Gasteiger partial charge in [-0.1, -0.05) is 42.5 Å². The van der Waals surface area contributed by atoms with Crippen LogP contribution in [0.1, 0.15) is 33.9 Å². The van der Waals surface area contributed by atoms with Gasteiger partial charge in [-0.2, -0.15) is 0 Å². The van der Waals surface area contributed by atoms with Crippen LogP contribution in [0.4, 0.5) is 4.39 Å². The van der Waals surface area contributed by atoms with Crippen molar-refractivity contribution < 1.29 is 18.7 Å². The van der Waals surface area contributed by atoms with E-state index in [2.05, 4.69) is 21.9 Å². The number of likely N-dealkylation sites (N-methyl/N-ethyl adjacent to an activating group) is 1. The van der Waals surface area contributed by atoms with Gasteiger partial charge in [-0.05, 0) is 67.4 Å². The van der Waals surface area contributed by atoms with Gasteiger partial charge in [-0.25, -0.2) is 4.39 Å². The van der Waals surface area contributed by atoms with Crippen molar-refractivity contribution in [3.63, 3.8) is 0 Å². The van der Waals surface area contributed by atoms with Crippen molar-refractivity contribution in [3.8, 4) is 11.5 Å². The van der Waals surface area contributed by atoms with E-state index in [1.54, 1.807) is 20.3 Å². The van der Waals surface area contributed by atoms with Gasteiger partial charge in [0.1, 0.15) is 5.82 Å². The van der Waals surface area contributed by atoms with E-state index in [4.69, 9.17) is 9.47 Å². The molecule has 0 aromatic heterocycles. The van der Waals surface area contributed by atoms with Crippen LogP contribution < -0.4 is 9.47 Å². The Morgan fingerprint density at radius 2 is 1.66 bits per heavy atom. The smallest absolute Gasteiger partial charge is 0.240 e. The molecule has 2 aliphatic rings. The van der Waals surface area contributed by atoms with E-state index in [0.717, 1.165) is 12.0 Å². The molecule has 0 radical (unpaired) electrons. The largest absolute Gasteiger partial charge is 0.493 e. The van der Waals surface area contributed by atoms with Gasteiger partial charge >= 0.3 is 0 Å². The molecule has 0 saturated heterocycles. The van der Waals surface area contributed by atoms with Crippen molar-refractivity contribution in [2.45, 2.75) is 38.0 Å². The number of fused-ring (bicyclic) bond motifs is 2. The molecule has 3 aromatic rings. The minimum atomic E-state index is -0.379. The summed E-state index contributed by atoms with van der Waals surface area (Å²) >= 11 is 0. The first-order valence-corrected chi connectivity index (χ1v) is 13.1. The van der Waals surface area contributed by atoms with Crippen molar-refractivity contribution >= 4 is 5.91 Å². The summed E-state index contributed by atoms with van der Waals surface area (Å²) in [6.45, 7) is 2.29. The summed E-state index contributed by atoms with van der Waals surface area (Å²) in [5.74, 6) is 1.21. The molecule has 2 unspecified atom stereocenters. The maximum Gasteiger partial charge on any atom is 0.240 e. The summed E-state index contributed by atoms with van der Waals surface area (Å²) in [5, 5.41) is 0. The van der Waals surface area contributed by atoms with E-state index < -0.39 is 0 Å². The highest BCUT2D eigenvalue weighted by Gasteiger charge is 2.39. The molecule has 7 heteroatoms. The van der Waals surface area contributed by atoms with E-state index in [1.165, 1.54) is 22.8 Å². The van der Waals surface area contributed by atoms with E-state index in [1.807, 2.05) is 55.4 Å². The van der Waals surface area contributed by atoms with Crippen LogP contribution in [-0.2, 0) is 30.7 Å². The molecule has 6 nitrogen and oxygen atoms in total. The Labute approximate surface area is 224 Å². The predicted molar refractivity (Wildman–Crippen MR) is 146 cm³/mol. The lowest BCUT2D eigenvalue weighted by Crippen LogP contribution is -2.54. The fraction of sp³-hybridized carbons (Fsp3) is 0.387. The third-order valence-corrected chi connectivity index (χ3v) is 7.79. The second kappa shape index (κ2) is 11.1. The highest BCUT2D eigenvalue weighted by Crippen LogP contribution is 2.39. The molecule has 0 N–H and O–H groups in total. The van der Waals surface area contributed by atoms with Crippen molar-refractivity contribution in [1.82, 2.24) is 14.7 Å². The third kappa shape index (κ3) is 5.13. The molecule has 2 aliphatic heterocycles. The van der Waals surface area contributed by atoms with E-state index in [0.29, 0.717) is 49.7 Å². The number of amides is 1. The summed E-state index contributed by atoms with van der Waals surface area (Å²) < 4.78 is 25.8. The summed E-state index contributed by atoms with van der Waals surface area (Å²) in [7, 11) is 7.33. The summed E-state index contributed by atoms with van der Waals surface area (Å²) in [6, 6.07) is 18.7. The van der Waals surface area contributed by atoms with E-state index in [9.17, 15) is 9.18 Å². The molecule has 0 bridgehead atoms. The molecule has 0 fully saturated rings. The Kier molecular flexibility index (Phi) is 7.68. The Hall–Kier alpha value is -3.42. The van der Waals surface area contributed by atoms with Gasteiger partial charge in [0, 0.05) is 31.7 Å². The van der Waals surface area contributed by atoms with Gasteiger partial charge in [-0.3, -0.25) is 9.69 Å². The molecule has 200 valence electrons. The number of hydrogen-bond donors (Lipinski definition) is 0. The SMILES string of the molecule is COc1cc2c(cc1OC)C(CN(C)C)N(C(=O)C1Cc3ccccc3CN1Cc1ccccc1F)CC2. The first-order chi connectivity index (χ1) is 18.4. The minimum Gasteiger partial charge on any atom is -0.493 e. The molecule has 1 amide bonds. The monoisotopic (exact) mass is 517 g/mol. The van der Waals surface area contributed by atoms with Crippen LogP contribution in [0.3, 0.4) is 0 Å². The van der Waals surface area contributed by atoms with Crippen LogP contribution in [-0.4, -0.2) is 68.1 Å². The van der Waals surface area contributed by atoms with E-state index >= 15 is 0 Å². The first-order valence-electron chi connectivity index (χ1n) is 13.1. The molecule has 5 rings (SSSR count). The van der Waals surface area contributed by atoms with Crippen LogP contribution in [0, 0.1) is 5.82 Å². The second-order valence-electron chi connectivity index (χ2n) is 10.5. The lowest BCUT2D eigenvalue weighted by atomic mass is 9.88. The second-order valence-corrected chi connectivity index (χ2v) is 10.5. The van der Waals surface area contributed by atoms with Crippen LogP contribution in [0.25, 0.3) is 0 Å². The van der Waals surface area contributed by atoms with E-state index in [-0.39, 0.29) is 23.8 Å². The predicted octanol–water partition coefficient (Wildman–Crippen LogP) is 4.46. The molecular weight excluding hydrogens is 481 g/mol. The van der Waals surface area contributed by atoms with Gasteiger partial charge in [0.2, 0.25) is 5.91 Å². The molecular formula is C31H36FN3O3. The number of ether oxygens (including phenoxy) is 2. The zero-order valence-corrected chi connectivity index (χ0v) is 22.6. The molecule has 0 saturated carbocycles. The van der Waals surface area contributed by atoms with Crippen LogP contribution >= 0.6 is 0 Å². The number of carbonyl (C=O) groups is 1. The standard InChI is InChI=1S/C31H36FN3O3/c1-33(2)20-28-25-17-30(38-4)29(37-3)16-22(25)13-14-35(28)31(36)27-15-21-9-5-6-10-23(21)18-34(27)19-24-11-7-8-12-26(24)32/h5-12,16-17,27-28H,13-15,18-20H2,1-4H3. The number of nitrogens with zero attached hydrogens (tertiary/aromatic N) is 3. The Balaban J connectivity index is 1.51. The normalized spacial score (nSPS) is 19.2. The van der Waals surface area contributed by atoms with Crippen molar-refractivity contribution in [2.75, 3.05) is 41.4 Å². The molecule has 0 spiro atoms. The summed E-state index contributed by atoms with van der Waals surface area (Å²) in [6.07, 6.45) is 1.34. The van der Waals surface area contributed by atoms with Crippen molar-refractivity contribution in [2.24, 2.45) is 0 Å². The van der Waals surface area contributed by atoms with Gasteiger partial charge in [-0.15, -0.1) is 0 Å². The average molecular weight is 518 g/mol. The van der Waals surface area contributed by atoms with Gasteiger partial charge in [0.15, 0.2) is 11.5 Å². The summed E-state index contributed by atoms with van der Waals surface area (Å²) in [5.41, 5.74) is 5.25. The number of halogens is 1. The number of carbonyl (C=O) groups excluding carboxylic acids is 1. The van der Waals surface area contributed by atoms with Crippen molar-refractivity contribution in [1.29, 1.82) is 0 Å². The summed E-state index contributed by atoms with van der Waals surface area (Å²) in [4.78, 5) is 20.7. The maximum absolute atomic E-state index is 14.7. The average Bonchev–Trinajstić information content (AvgIpc) is 2.92. The molecule has 38 heavy (non-hydrogen) atoms.